The smallest absolute Gasteiger partial charge is 0.325 e. The average molecular weight is 283 g/mol. The molecule has 0 fully saturated rings. The fourth-order valence-electron chi connectivity index (χ4n) is 1.71. The van der Waals surface area contributed by atoms with Crippen LogP contribution >= 0.6 is 0 Å². The summed E-state index contributed by atoms with van der Waals surface area (Å²) >= 11 is 0. The first-order valence-electron chi connectivity index (χ1n) is 6.80. The fourth-order valence-corrected chi connectivity index (χ4v) is 1.71. The monoisotopic (exact) mass is 283 g/mol. The standard InChI is InChI=1S/C15H22FNO3/c1-3-19-14(18)15(2,17)10-4-5-11-20-13-8-6-12(16)7-9-13/h6-9H,3-5,10-11,17H2,1-2H3. The van der Waals surface area contributed by atoms with E-state index < -0.39 is 5.54 Å². The van der Waals surface area contributed by atoms with Gasteiger partial charge in [-0.2, -0.15) is 0 Å². The average Bonchev–Trinajstić information content (AvgIpc) is 2.40. The van der Waals surface area contributed by atoms with Gasteiger partial charge in [0.1, 0.15) is 17.1 Å². The maximum Gasteiger partial charge on any atom is 0.325 e. The third kappa shape index (κ3) is 5.57. The molecule has 0 aliphatic heterocycles. The third-order valence-electron chi connectivity index (χ3n) is 2.91. The number of carbonyl (C=O) groups excluding carboxylic acids is 1. The highest BCUT2D eigenvalue weighted by molar-refractivity contribution is 5.79. The van der Waals surface area contributed by atoms with Crippen LogP contribution in [0.25, 0.3) is 0 Å². The molecule has 0 aliphatic rings. The van der Waals surface area contributed by atoms with E-state index in [9.17, 15) is 9.18 Å². The highest BCUT2D eigenvalue weighted by atomic mass is 19.1. The molecule has 1 unspecified atom stereocenters. The summed E-state index contributed by atoms with van der Waals surface area (Å²) < 4.78 is 23.1. The van der Waals surface area contributed by atoms with Crippen molar-refractivity contribution in [2.45, 2.75) is 38.6 Å². The Morgan fingerprint density at radius 2 is 1.95 bits per heavy atom. The van der Waals surface area contributed by atoms with Gasteiger partial charge in [0.25, 0.3) is 0 Å². The summed E-state index contributed by atoms with van der Waals surface area (Å²) in [5, 5.41) is 0. The number of ether oxygens (including phenoxy) is 2. The first-order chi connectivity index (χ1) is 9.45. The Morgan fingerprint density at radius 3 is 2.55 bits per heavy atom. The first kappa shape index (κ1) is 16.4. The summed E-state index contributed by atoms with van der Waals surface area (Å²) in [7, 11) is 0. The van der Waals surface area contributed by atoms with Gasteiger partial charge < -0.3 is 15.2 Å². The van der Waals surface area contributed by atoms with E-state index in [1.165, 1.54) is 12.1 Å². The van der Waals surface area contributed by atoms with Crippen LogP contribution in [0.2, 0.25) is 0 Å². The number of nitrogens with two attached hydrogens (primary N) is 1. The van der Waals surface area contributed by atoms with E-state index in [0.717, 1.165) is 12.8 Å². The van der Waals surface area contributed by atoms with Crippen molar-refractivity contribution in [3.63, 3.8) is 0 Å². The highest BCUT2D eigenvalue weighted by Crippen LogP contribution is 2.15. The molecule has 0 spiro atoms. The van der Waals surface area contributed by atoms with Crippen molar-refractivity contribution in [1.82, 2.24) is 0 Å². The Balaban J connectivity index is 2.21. The maximum absolute atomic E-state index is 12.7. The molecule has 20 heavy (non-hydrogen) atoms. The zero-order valence-corrected chi connectivity index (χ0v) is 12.0. The van der Waals surface area contributed by atoms with Crippen molar-refractivity contribution in [1.29, 1.82) is 0 Å². The van der Waals surface area contributed by atoms with Gasteiger partial charge in [0.05, 0.1) is 13.2 Å². The molecule has 4 nitrogen and oxygen atoms in total. The molecule has 5 heteroatoms. The molecule has 0 aromatic heterocycles. The number of halogens is 1. The summed E-state index contributed by atoms with van der Waals surface area (Å²) in [6.45, 7) is 4.26. The third-order valence-corrected chi connectivity index (χ3v) is 2.91. The predicted octanol–water partition coefficient (Wildman–Crippen LogP) is 2.66. The lowest BCUT2D eigenvalue weighted by Crippen LogP contribution is -2.46. The van der Waals surface area contributed by atoms with Gasteiger partial charge in [0, 0.05) is 0 Å². The molecule has 1 atom stereocenters. The molecule has 0 saturated carbocycles. The van der Waals surface area contributed by atoms with Gasteiger partial charge in [-0.15, -0.1) is 0 Å². The van der Waals surface area contributed by atoms with E-state index >= 15 is 0 Å². The molecule has 2 N–H and O–H groups in total. The van der Waals surface area contributed by atoms with Crippen LogP contribution < -0.4 is 10.5 Å². The molecule has 0 aliphatic carbocycles. The van der Waals surface area contributed by atoms with E-state index in [2.05, 4.69) is 0 Å². The number of unbranched alkanes of at least 4 members (excludes halogenated alkanes) is 1. The maximum atomic E-state index is 12.7. The largest absolute Gasteiger partial charge is 0.494 e. The molecular formula is C15H22FNO3. The minimum Gasteiger partial charge on any atom is -0.494 e. The van der Waals surface area contributed by atoms with Gasteiger partial charge in [0.2, 0.25) is 0 Å². The number of hydrogen-bond donors (Lipinski definition) is 1. The zero-order valence-electron chi connectivity index (χ0n) is 12.0. The number of hydrogen-bond acceptors (Lipinski definition) is 4. The molecule has 1 aromatic carbocycles. The van der Waals surface area contributed by atoms with E-state index in [4.69, 9.17) is 15.2 Å². The molecule has 1 rings (SSSR count). The number of esters is 1. The van der Waals surface area contributed by atoms with Crippen LogP contribution in [0.4, 0.5) is 4.39 Å². The zero-order chi connectivity index (χ0) is 15.0. The van der Waals surface area contributed by atoms with Crippen LogP contribution in [0.3, 0.4) is 0 Å². The van der Waals surface area contributed by atoms with Crippen molar-refractivity contribution in [3.05, 3.63) is 30.1 Å². The van der Waals surface area contributed by atoms with Gasteiger partial charge >= 0.3 is 5.97 Å². The lowest BCUT2D eigenvalue weighted by Gasteiger charge is -2.21. The van der Waals surface area contributed by atoms with E-state index in [0.29, 0.717) is 25.4 Å². The normalized spacial score (nSPS) is 13.6. The second-order valence-corrected chi connectivity index (χ2v) is 4.90. The van der Waals surface area contributed by atoms with Crippen LogP contribution in [0.15, 0.2) is 24.3 Å². The van der Waals surface area contributed by atoms with Crippen molar-refractivity contribution in [2.24, 2.45) is 5.73 Å². The second kappa shape index (κ2) is 7.85. The molecule has 0 radical (unpaired) electrons. The molecule has 0 heterocycles. The summed E-state index contributed by atoms with van der Waals surface area (Å²) in [5.74, 6) is -0.0301. The van der Waals surface area contributed by atoms with Crippen molar-refractivity contribution >= 4 is 5.97 Å². The van der Waals surface area contributed by atoms with Gasteiger partial charge in [-0.3, -0.25) is 4.79 Å². The lowest BCUT2D eigenvalue weighted by atomic mass is 9.96. The lowest BCUT2D eigenvalue weighted by molar-refractivity contribution is -0.149. The Labute approximate surface area is 119 Å². The van der Waals surface area contributed by atoms with E-state index in [-0.39, 0.29) is 11.8 Å². The molecule has 0 amide bonds. The second-order valence-electron chi connectivity index (χ2n) is 4.90. The van der Waals surface area contributed by atoms with Crippen LogP contribution in [-0.4, -0.2) is 24.7 Å². The molecule has 0 saturated heterocycles. The summed E-state index contributed by atoms with van der Waals surface area (Å²) in [4.78, 5) is 11.6. The Kier molecular flexibility index (Phi) is 6.45. The Morgan fingerprint density at radius 1 is 1.30 bits per heavy atom. The topological polar surface area (TPSA) is 61.5 Å². The summed E-state index contributed by atoms with van der Waals surface area (Å²) in [6, 6.07) is 5.88. The molecule has 1 aromatic rings. The number of rotatable bonds is 8. The van der Waals surface area contributed by atoms with Crippen LogP contribution in [0, 0.1) is 5.82 Å². The SMILES string of the molecule is CCOC(=O)C(C)(N)CCCCOc1ccc(F)cc1. The van der Waals surface area contributed by atoms with Crippen LogP contribution in [0.5, 0.6) is 5.75 Å². The van der Waals surface area contributed by atoms with Gasteiger partial charge in [-0.1, -0.05) is 0 Å². The number of benzene rings is 1. The van der Waals surface area contributed by atoms with Crippen molar-refractivity contribution in [3.8, 4) is 5.75 Å². The van der Waals surface area contributed by atoms with E-state index in [1.807, 2.05) is 0 Å². The van der Waals surface area contributed by atoms with Crippen LogP contribution in [0.1, 0.15) is 33.1 Å². The van der Waals surface area contributed by atoms with Crippen molar-refractivity contribution in [2.75, 3.05) is 13.2 Å². The van der Waals surface area contributed by atoms with Gasteiger partial charge in [-0.05, 0) is 57.4 Å². The Hall–Kier alpha value is -1.62. The first-order valence-corrected chi connectivity index (χ1v) is 6.80. The molecule has 112 valence electrons. The fraction of sp³-hybridized carbons (Fsp3) is 0.533. The van der Waals surface area contributed by atoms with Gasteiger partial charge in [-0.25, -0.2) is 4.39 Å². The Bertz CT molecular complexity index is 418. The van der Waals surface area contributed by atoms with Crippen molar-refractivity contribution < 1.29 is 18.7 Å². The molecule has 0 bridgehead atoms. The predicted molar refractivity (Wildman–Crippen MR) is 75.0 cm³/mol. The summed E-state index contributed by atoms with van der Waals surface area (Å²) in [6.07, 6.45) is 2.06. The van der Waals surface area contributed by atoms with Gasteiger partial charge in [0.15, 0.2) is 0 Å². The summed E-state index contributed by atoms with van der Waals surface area (Å²) in [5.41, 5.74) is 4.95. The minimum absolute atomic E-state index is 0.286. The van der Waals surface area contributed by atoms with E-state index in [1.54, 1.807) is 26.0 Å². The van der Waals surface area contributed by atoms with Crippen LogP contribution in [-0.2, 0) is 9.53 Å². The minimum atomic E-state index is -0.952. The highest BCUT2D eigenvalue weighted by Gasteiger charge is 2.28. The quantitative estimate of drug-likeness (QED) is 0.588. The number of carbonyl (C=O) groups is 1. The molecular weight excluding hydrogens is 261 g/mol.